The molecule has 0 unspecified atom stereocenters. The van der Waals surface area contributed by atoms with Gasteiger partial charge in [-0.3, -0.25) is 0 Å². The predicted octanol–water partition coefficient (Wildman–Crippen LogP) is 2.02. The molecule has 0 aliphatic carbocycles. The second kappa shape index (κ2) is 3.90. The third-order valence-electron chi connectivity index (χ3n) is 1.79. The van der Waals surface area contributed by atoms with E-state index in [0.717, 1.165) is 5.56 Å². The van der Waals surface area contributed by atoms with Crippen molar-refractivity contribution in [3.8, 4) is 11.3 Å². The van der Waals surface area contributed by atoms with Crippen LogP contribution in [0.3, 0.4) is 0 Å². The molecular weight excluding hydrogens is 263 g/mol. The molecule has 0 radical (unpaired) electrons. The molecule has 0 atom stereocenters. The predicted molar refractivity (Wildman–Crippen MR) is 57.3 cm³/mol. The maximum absolute atomic E-state index is 13.0. The van der Waals surface area contributed by atoms with Crippen molar-refractivity contribution >= 4 is 21.9 Å². The molecule has 15 heavy (non-hydrogen) atoms. The maximum atomic E-state index is 13.0. The lowest BCUT2D eigenvalue weighted by Crippen LogP contribution is -1.98. The number of nitrogens with zero attached hydrogens (tertiary/aromatic N) is 3. The Kier molecular flexibility index (Phi) is 2.59. The van der Waals surface area contributed by atoms with Crippen LogP contribution in [0.2, 0.25) is 0 Å². The number of nitrogen functional groups attached to an aromatic ring is 1. The van der Waals surface area contributed by atoms with Gasteiger partial charge in [-0.25, -0.2) is 9.37 Å². The Morgan fingerprint density at radius 2 is 2.13 bits per heavy atom. The summed E-state index contributed by atoms with van der Waals surface area (Å²) in [4.78, 5) is 3.98. The van der Waals surface area contributed by atoms with Crippen LogP contribution in [0.4, 0.5) is 10.3 Å². The van der Waals surface area contributed by atoms with E-state index in [2.05, 4.69) is 31.1 Å². The van der Waals surface area contributed by atoms with Gasteiger partial charge in [0.25, 0.3) is 0 Å². The number of hydrogen-bond acceptors (Lipinski definition) is 4. The van der Waals surface area contributed by atoms with Gasteiger partial charge in [-0.1, -0.05) is 0 Å². The van der Waals surface area contributed by atoms with E-state index in [-0.39, 0.29) is 11.8 Å². The summed E-state index contributed by atoms with van der Waals surface area (Å²) < 4.78 is 13.3. The minimum Gasteiger partial charge on any atom is -0.366 e. The highest BCUT2D eigenvalue weighted by Crippen LogP contribution is 2.23. The van der Waals surface area contributed by atoms with Crippen LogP contribution in [0.15, 0.2) is 28.9 Å². The first-order valence-electron chi connectivity index (χ1n) is 4.07. The van der Waals surface area contributed by atoms with Crippen LogP contribution in [-0.2, 0) is 0 Å². The number of hydrogen-bond donors (Lipinski definition) is 1. The smallest absolute Gasteiger partial charge is 0.240 e. The Bertz CT molecular complexity index is 503. The van der Waals surface area contributed by atoms with Crippen molar-refractivity contribution < 1.29 is 4.39 Å². The largest absolute Gasteiger partial charge is 0.366 e. The number of halogens is 2. The van der Waals surface area contributed by atoms with E-state index in [1.54, 1.807) is 12.1 Å². The molecule has 1 aromatic carbocycles. The molecule has 6 heteroatoms. The summed E-state index contributed by atoms with van der Waals surface area (Å²) in [5.74, 6) is -0.235. The van der Waals surface area contributed by atoms with Crippen LogP contribution >= 0.6 is 15.9 Å². The maximum Gasteiger partial charge on any atom is 0.240 e. The van der Waals surface area contributed by atoms with Gasteiger partial charge in [-0.15, -0.1) is 5.10 Å². The second-order valence-corrected chi connectivity index (χ2v) is 3.68. The first-order valence-corrected chi connectivity index (χ1v) is 4.87. The van der Waals surface area contributed by atoms with Gasteiger partial charge in [-0.05, 0) is 34.1 Å². The zero-order valence-electron chi connectivity index (χ0n) is 7.48. The van der Waals surface area contributed by atoms with Gasteiger partial charge >= 0.3 is 0 Å². The summed E-state index contributed by atoms with van der Waals surface area (Å²) in [6, 6.07) is 4.56. The molecular formula is C9H6BrFN4. The van der Waals surface area contributed by atoms with Crippen molar-refractivity contribution in [3.05, 3.63) is 34.7 Å². The highest BCUT2D eigenvalue weighted by molar-refractivity contribution is 9.10. The first-order chi connectivity index (χ1) is 7.16. The van der Waals surface area contributed by atoms with E-state index >= 15 is 0 Å². The quantitative estimate of drug-likeness (QED) is 0.860. The first kappa shape index (κ1) is 9.97. The van der Waals surface area contributed by atoms with Crippen molar-refractivity contribution in [2.24, 2.45) is 0 Å². The fourth-order valence-electron chi connectivity index (χ4n) is 1.11. The molecule has 0 aliphatic rings. The lowest BCUT2D eigenvalue weighted by atomic mass is 10.2. The van der Waals surface area contributed by atoms with Crippen molar-refractivity contribution in [1.82, 2.24) is 15.2 Å². The van der Waals surface area contributed by atoms with Crippen molar-refractivity contribution in [1.29, 1.82) is 0 Å². The summed E-state index contributed by atoms with van der Waals surface area (Å²) in [7, 11) is 0. The molecule has 0 fully saturated rings. The highest BCUT2D eigenvalue weighted by atomic mass is 79.9. The van der Waals surface area contributed by atoms with Gasteiger partial charge in [0, 0.05) is 5.56 Å². The molecule has 2 N–H and O–H groups in total. The van der Waals surface area contributed by atoms with Gasteiger partial charge in [0.15, 0.2) is 0 Å². The topological polar surface area (TPSA) is 64.7 Å². The van der Waals surface area contributed by atoms with Gasteiger partial charge in [0.2, 0.25) is 5.95 Å². The zero-order chi connectivity index (χ0) is 10.8. The third-order valence-corrected chi connectivity index (χ3v) is 2.40. The molecule has 1 heterocycles. The summed E-state index contributed by atoms with van der Waals surface area (Å²) >= 11 is 3.09. The zero-order valence-corrected chi connectivity index (χ0v) is 9.07. The minimum absolute atomic E-state index is 0.0907. The molecule has 2 aromatic rings. The van der Waals surface area contributed by atoms with Gasteiger partial charge in [-0.2, -0.15) is 5.10 Å². The summed E-state index contributed by atoms with van der Waals surface area (Å²) in [6.45, 7) is 0. The van der Waals surface area contributed by atoms with E-state index in [4.69, 9.17) is 5.73 Å². The van der Waals surface area contributed by atoms with Crippen LogP contribution in [0.5, 0.6) is 0 Å². The molecule has 0 spiro atoms. The van der Waals surface area contributed by atoms with E-state index < -0.39 is 0 Å². The van der Waals surface area contributed by atoms with E-state index in [9.17, 15) is 4.39 Å². The SMILES string of the molecule is Nc1nncc(-c2ccc(F)c(Br)c2)n1. The molecule has 0 bridgehead atoms. The fourth-order valence-corrected chi connectivity index (χ4v) is 1.49. The lowest BCUT2D eigenvalue weighted by Gasteiger charge is -2.01. The molecule has 0 aliphatic heterocycles. The summed E-state index contributed by atoms with van der Waals surface area (Å²) in [5, 5.41) is 7.20. The summed E-state index contributed by atoms with van der Waals surface area (Å²) in [6.07, 6.45) is 1.47. The number of anilines is 1. The number of benzene rings is 1. The molecule has 76 valence electrons. The second-order valence-electron chi connectivity index (χ2n) is 2.83. The third kappa shape index (κ3) is 2.10. The Labute approximate surface area is 93.5 Å². The Hall–Kier alpha value is -1.56. The fraction of sp³-hybridized carbons (Fsp3) is 0. The van der Waals surface area contributed by atoms with Gasteiger partial charge in [0.05, 0.1) is 16.4 Å². The molecule has 4 nitrogen and oxygen atoms in total. The van der Waals surface area contributed by atoms with Crippen LogP contribution in [0, 0.1) is 5.82 Å². The van der Waals surface area contributed by atoms with Crippen molar-refractivity contribution in [3.63, 3.8) is 0 Å². The highest BCUT2D eigenvalue weighted by Gasteiger charge is 2.04. The van der Waals surface area contributed by atoms with E-state index in [1.807, 2.05) is 0 Å². The minimum atomic E-state index is -0.325. The van der Waals surface area contributed by atoms with Crippen LogP contribution in [0.1, 0.15) is 0 Å². The average molecular weight is 269 g/mol. The van der Waals surface area contributed by atoms with Gasteiger partial charge < -0.3 is 5.73 Å². The van der Waals surface area contributed by atoms with Crippen LogP contribution < -0.4 is 5.73 Å². The lowest BCUT2D eigenvalue weighted by molar-refractivity contribution is 0.621. The molecule has 0 saturated carbocycles. The Morgan fingerprint density at radius 3 is 2.80 bits per heavy atom. The Balaban J connectivity index is 2.50. The van der Waals surface area contributed by atoms with Crippen molar-refractivity contribution in [2.75, 3.05) is 5.73 Å². The van der Waals surface area contributed by atoms with Gasteiger partial charge in [0.1, 0.15) is 5.82 Å². The standard InChI is InChI=1S/C9H6BrFN4/c10-6-3-5(1-2-7(6)11)8-4-13-15-9(12)14-8/h1-4H,(H2,12,14,15). The molecule has 0 saturated heterocycles. The average Bonchev–Trinajstić information content (AvgIpc) is 2.22. The molecule has 2 rings (SSSR count). The monoisotopic (exact) mass is 268 g/mol. The number of rotatable bonds is 1. The van der Waals surface area contributed by atoms with E-state index in [0.29, 0.717) is 10.2 Å². The summed E-state index contributed by atoms with van der Waals surface area (Å²) in [5.41, 5.74) is 6.68. The van der Waals surface area contributed by atoms with Crippen LogP contribution in [-0.4, -0.2) is 15.2 Å². The van der Waals surface area contributed by atoms with Crippen molar-refractivity contribution in [2.45, 2.75) is 0 Å². The number of aromatic nitrogens is 3. The van der Waals surface area contributed by atoms with Crippen LogP contribution in [0.25, 0.3) is 11.3 Å². The Morgan fingerprint density at radius 1 is 1.33 bits per heavy atom. The molecule has 1 aromatic heterocycles. The number of nitrogens with two attached hydrogens (primary N) is 1. The van der Waals surface area contributed by atoms with E-state index in [1.165, 1.54) is 12.3 Å². The normalized spacial score (nSPS) is 10.3. The molecule has 0 amide bonds.